The molecule has 1 N–H and O–H groups in total. The first kappa shape index (κ1) is 29.5. The molecule has 2 aliphatic rings. The van der Waals surface area contributed by atoms with E-state index in [0.29, 0.717) is 5.92 Å². The van der Waals surface area contributed by atoms with Gasteiger partial charge < -0.3 is 5.32 Å². The predicted molar refractivity (Wildman–Crippen MR) is 215 cm³/mol. The Morgan fingerprint density at radius 3 is 1.84 bits per heavy atom. The summed E-state index contributed by atoms with van der Waals surface area (Å²) in [6.07, 6.45) is 0. The van der Waals surface area contributed by atoms with E-state index in [1.807, 2.05) is 0 Å². The van der Waals surface area contributed by atoms with Crippen molar-refractivity contribution in [2.24, 2.45) is 0 Å². The first-order valence-corrected chi connectivity index (χ1v) is 18.1. The standard InChI is InChI=1S/C49H41N/c1-28(2)29-12-17-33(18-13-29)50-34-19-23-36-39-26-43-40(27-42(39)48(3,4)41(36)25-34)47-38-22-15-31-14-20-35(30-10-8-7-9-11-30)37-21-16-32(46(38)45(31)37)24-44(47)49(43,5)6/h7-28,50H,1-6H3. The molecule has 0 spiro atoms. The Balaban J connectivity index is 1.14. The van der Waals surface area contributed by atoms with Crippen LogP contribution in [0.1, 0.15) is 75.3 Å². The maximum absolute atomic E-state index is 3.69. The lowest BCUT2D eigenvalue weighted by molar-refractivity contribution is 0.652. The smallest absolute Gasteiger partial charge is 0.0387 e. The molecule has 0 aliphatic heterocycles. The van der Waals surface area contributed by atoms with Gasteiger partial charge in [0.2, 0.25) is 0 Å². The predicted octanol–water partition coefficient (Wildman–Crippen LogP) is 13.7. The molecule has 0 amide bonds. The van der Waals surface area contributed by atoms with Crippen molar-refractivity contribution in [3.63, 3.8) is 0 Å². The Morgan fingerprint density at radius 2 is 1.06 bits per heavy atom. The molecule has 0 fully saturated rings. The molecule has 50 heavy (non-hydrogen) atoms. The summed E-state index contributed by atoms with van der Waals surface area (Å²) in [5.74, 6) is 0.528. The minimum atomic E-state index is -0.125. The largest absolute Gasteiger partial charge is 0.356 e. The maximum atomic E-state index is 3.69. The van der Waals surface area contributed by atoms with Crippen molar-refractivity contribution in [3.05, 3.63) is 155 Å². The van der Waals surface area contributed by atoms with Crippen LogP contribution in [0.2, 0.25) is 0 Å². The van der Waals surface area contributed by atoms with E-state index in [4.69, 9.17) is 0 Å². The van der Waals surface area contributed by atoms with E-state index in [-0.39, 0.29) is 10.8 Å². The van der Waals surface area contributed by atoms with Gasteiger partial charge >= 0.3 is 0 Å². The highest BCUT2D eigenvalue weighted by Crippen LogP contribution is 2.58. The normalized spacial score (nSPS) is 15.1. The fourth-order valence-corrected chi connectivity index (χ4v) is 9.37. The topological polar surface area (TPSA) is 12.0 Å². The van der Waals surface area contributed by atoms with Gasteiger partial charge in [-0.25, -0.2) is 0 Å². The van der Waals surface area contributed by atoms with Gasteiger partial charge in [0.05, 0.1) is 0 Å². The third kappa shape index (κ3) is 3.95. The monoisotopic (exact) mass is 643 g/mol. The molecule has 0 atom stereocenters. The van der Waals surface area contributed by atoms with E-state index in [1.54, 1.807) is 0 Å². The Labute approximate surface area is 295 Å². The number of benzene rings is 8. The third-order valence-corrected chi connectivity index (χ3v) is 12.2. The molecule has 0 bridgehead atoms. The van der Waals surface area contributed by atoms with E-state index >= 15 is 0 Å². The second kappa shape index (κ2) is 10.1. The van der Waals surface area contributed by atoms with E-state index in [9.17, 15) is 0 Å². The first-order valence-electron chi connectivity index (χ1n) is 18.1. The highest BCUT2D eigenvalue weighted by Gasteiger charge is 2.42. The third-order valence-electron chi connectivity index (χ3n) is 12.2. The molecule has 0 unspecified atom stereocenters. The zero-order chi connectivity index (χ0) is 34.1. The zero-order valence-corrected chi connectivity index (χ0v) is 29.7. The molecule has 0 heterocycles. The number of rotatable bonds is 4. The van der Waals surface area contributed by atoms with Crippen LogP contribution in [0.4, 0.5) is 11.4 Å². The number of hydrogen-bond donors (Lipinski definition) is 1. The molecule has 8 aromatic carbocycles. The Hall–Kier alpha value is -5.40. The highest BCUT2D eigenvalue weighted by molar-refractivity contribution is 6.28. The molecule has 8 aromatic rings. The van der Waals surface area contributed by atoms with Crippen molar-refractivity contribution >= 4 is 43.7 Å². The fraction of sp³-hybridized carbons (Fsp3) is 0.184. The molecular formula is C49H41N. The van der Waals surface area contributed by atoms with Gasteiger partial charge in [-0.2, -0.15) is 0 Å². The molecule has 1 heteroatoms. The van der Waals surface area contributed by atoms with Crippen LogP contribution in [0, 0.1) is 0 Å². The molecule has 10 rings (SSSR count). The van der Waals surface area contributed by atoms with Gasteiger partial charge in [-0.05, 0) is 142 Å². The van der Waals surface area contributed by atoms with Crippen molar-refractivity contribution in [2.75, 3.05) is 5.32 Å². The van der Waals surface area contributed by atoms with E-state index in [2.05, 4.69) is 174 Å². The second-order valence-electron chi connectivity index (χ2n) is 16.1. The number of hydrogen-bond acceptors (Lipinski definition) is 1. The summed E-state index contributed by atoms with van der Waals surface area (Å²) in [5, 5.41) is 11.8. The Kier molecular flexibility index (Phi) is 5.95. The second-order valence-corrected chi connectivity index (χ2v) is 16.1. The maximum Gasteiger partial charge on any atom is 0.0387 e. The summed E-state index contributed by atoms with van der Waals surface area (Å²) in [6.45, 7) is 14.1. The summed E-state index contributed by atoms with van der Waals surface area (Å²) in [7, 11) is 0. The van der Waals surface area contributed by atoms with E-state index in [0.717, 1.165) is 11.4 Å². The molecule has 0 aromatic heterocycles. The number of anilines is 2. The summed E-state index contributed by atoms with van der Waals surface area (Å²) in [6, 6.07) is 48.3. The van der Waals surface area contributed by atoms with E-state index < -0.39 is 0 Å². The Bertz CT molecular complexity index is 2670. The van der Waals surface area contributed by atoms with Crippen LogP contribution in [0.5, 0.6) is 0 Å². The van der Waals surface area contributed by atoms with Crippen molar-refractivity contribution in [2.45, 2.75) is 58.3 Å². The zero-order valence-electron chi connectivity index (χ0n) is 29.7. The van der Waals surface area contributed by atoms with Gasteiger partial charge in [0.15, 0.2) is 0 Å². The van der Waals surface area contributed by atoms with Crippen molar-refractivity contribution < 1.29 is 0 Å². The molecule has 0 saturated heterocycles. The van der Waals surface area contributed by atoms with Crippen molar-refractivity contribution in [1.29, 1.82) is 0 Å². The fourth-order valence-electron chi connectivity index (χ4n) is 9.37. The molecule has 0 saturated carbocycles. The van der Waals surface area contributed by atoms with Gasteiger partial charge in [0.1, 0.15) is 0 Å². The van der Waals surface area contributed by atoms with Crippen LogP contribution in [0.15, 0.2) is 127 Å². The molecule has 1 nitrogen and oxygen atoms in total. The molecular weight excluding hydrogens is 603 g/mol. The van der Waals surface area contributed by atoms with Crippen molar-refractivity contribution in [3.8, 4) is 33.4 Å². The van der Waals surface area contributed by atoms with Crippen LogP contribution >= 0.6 is 0 Å². The highest BCUT2D eigenvalue weighted by atomic mass is 14.9. The van der Waals surface area contributed by atoms with Gasteiger partial charge in [-0.3, -0.25) is 0 Å². The van der Waals surface area contributed by atoms with Crippen LogP contribution in [-0.4, -0.2) is 0 Å². The number of nitrogens with one attached hydrogen (secondary N) is 1. The summed E-state index contributed by atoms with van der Waals surface area (Å²) < 4.78 is 0. The van der Waals surface area contributed by atoms with E-state index in [1.165, 1.54) is 93.5 Å². The van der Waals surface area contributed by atoms with Crippen LogP contribution < -0.4 is 5.32 Å². The summed E-state index contributed by atoms with van der Waals surface area (Å²) in [5.41, 5.74) is 17.2. The van der Waals surface area contributed by atoms with Crippen LogP contribution in [0.3, 0.4) is 0 Å². The average Bonchev–Trinajstić information content (AvgIpc) is 3.48. The minimum Gasteiger partial charge on any atom is -0.356 e. The van der Waals surface area contributed by atoms with Gasteiger partial charge in [0.25, 0.3) is 0 Å². The number of fused-ring (bicyclic) bond motifs is 7. The first-order chi connectivity index (χ1) is 24.1. The Morgan fingerprint density at radius 1 is 0.460 bits per heavy atom. The lowest BCUT2D eigenvalue weighted by Gasteiger charge is -2.24. The quantitative estimate of drug-likeness (QED) is 0.188. The minimum absolute atomic E-state index is 0.115. The lowest BCUT2D eigenvalue weighted by atomic mass is 9.79. The van der Waals surface area contributed by atoms with Crippen LogP contribution in [0.25, 0.3) is 65.7 Å². The van der Waals surface area contributed by atoms with Gasteiger partial charge in [0, 0.05) is 22.2 Å². The van der Waals surface area contributed by atoms with Gasteiger partial charge in [-0.15, -0.1) is 0 Å². The molecule has 2 aliphatic carbocycles. The molecule has 0 radical (unpaired) electrons. The summed E-state index contributed by atoms with van der Waals surface area (Å²) in [4.78, 5) is 0. The lowest BCUT2D eigenvalue weighted by Crippen LogP contribution is -2.17. The van der Waals surface area contributed by atoms with Gasteiger partial charge in [-0.1, -0.05) is 126 Å². The summed E-state index contributed by atoms with van der Waals surface area (Å²) >= 11 is 0. The SMILES string of the molecule is CC(C)c1ccc(Nc2ccc3c(c2)C(C)(C)c2cc4c(cc2-3)C(C)(C)c2cc3ccc5c(-c6ccccc6)ccc6ccc(c2-4)c3c65)cc1. The molecule has 242 valence electrons. The van der Waals surface area contributed by atoms with Crippen molar-refractivity contribution in [1.82, 2.24) is 0 Å². The van der Waals surface area contributed by atoms with Crippen LogP contribution in [-0.2, 0) is 10.8 Å². The average molecular weight is 644 g/mol.